The van der Waals surface area contributed by atoms with E-state index in [9.17, 15) is 24.3 Å². The third kappa shape index (κ3) is 5.80. The second kappa shape index (κ2) is 12.6. The normalized spacial score (nSPS) is 32.0. The largest absolute Gasteiger partial charge is 0.482 e. The number of aliphatic hydroxyl groups excluding tert-OH is 1. The SMILES string of the molecule is CC(=O)OC[C@]1(C)C2C[C@H](OC(=O)c3ccc(I)cc3)[C@@]3(C)Oc4cc(-c5cccnc5)oc(=O)c4[C@H](O)C3[C@@]2(C)CC[C@@H]1OC(C)=O. The number of esters is 3. The van der Waals surface area contributed by atoms with Gasteiger partial charge < -0.3 is 28.5 Å². The maximum Gasteiger partial charge on any atom is 0.345 e. The second-order valence-electron chi connectivity index (χ2n) is 13.7. The molecular weight excluding hydrogens is 733 g/mol. The van der Waals surface area contributed by atoms with Crippen molar-refractivity contribution in [2.75, 3.05) is 6.61 Å². The van der Waals surface area contributed by atoms with E-state index in [0.29, 0.717) is 24.0 Å². The molecule has 2 saturated carbocycles. The van der Waals surface area contributed by atoms with Gasteiger partial charge in [0.1, 0.15) is 41.5 Å². The zero-order valence-corrected chi connectivity index (χ0v) is 29.5. The molecule has 8 atom stereocenters. The molecule has 0 amide bonds. The molecule has 0 radical (unpaired) electrons. The number of hydrogen-bond acceptors (Lipinski definition) is 11. The third-order valence-corrected chi connectivity index (χ3v) is 11.5. The highest BCUT2D eigenvalue weighted by Crippen LogP contribution is 2.67. The van der Waals surface area contributed by atoms with E-state index in [4.69, 9.17) is 23.4 Å². The highest BCUT2D eigenvalue weighted by molar-refractivity contribution is 14.1. The Balaban J connectivity index is 1.50. The van der Waals surface area contributed by atoms with Crippen molar-refractivity contribution in [1.82, 2.24) is 4.98 Å². The molecule has 1 N–H and O–H groups in total. The number of ether oxygens (including phenoxy) is 4. The first kappa shape index (κ1) is 34.1. The van der Waals surface area contributed by atoms with Crippen molar-refractivity contribution in [2.24, 2.45) is 22.7 Å². The molecule has 2 aromatic heterocycles. The lowest BCUT2D eigenvalue weighted by molar-refractivity contribution is -0.266. The molecule has 1 aromatic carbocycles. The molecule has 12 heteroatoms. The molecule has 254 valence electrons. The van der Waals surface area contributed by atoms with Crippen LogP contribution in [0.25, 0.3) is 11.3 Å². The Hall–Kier alpha value is -3.78. The van der Waals surface area contributed by atoms with E-state index in [2.05, 4.69) is 27.6 Å². The van der Waals surface area contributed by atoms with Gasteiger partial charge in [-0.1, -0.05) is 13.8 Å². The van der Waals surface area contributed by atoms with Crippen LogP contribution in [0.5, 0.6) is 5.75 Å². The summed E-state index contributed by atoms with van der Waals surface area (Å²) in [5.41, 5.74) is -2.96. The predicted octanol–water partition coefficient (Wildman–Crippen LogP) is 5.65. The average molecular weight is 772 g/mol. The van der Waals surface area contributed by atoms with E-state index in [-0.39, 0.29) is 30.1 Å². The van der Waals surface area contributed by atoms with Crippen LogP contribution in [0, 0.1) is 26.2 Å². The summed E-state index contributed by atoms with van der Waals surface area (Å²) in [4.78, 5) is 55.9. The van der Waals surface area contributed by atoms with E-state index >= 15 is 0 Å². The van der Waals surface area contributed by atoms with Crippen LogP contribution in [-0.2, 0) is 23.8 Å². The Labute approximate surface area is 291 Å². The molecule has 3 aromatic rings. The second-order valence-corrected chi connectivity index (χ2v) is 15.0. The fraction of sp³-hybridized carbons (Fsp3) is 0.472. The molecule has 0 spiro atoms. The number of nitrogens with zero attached hydrogens (tertiary/aromatic N) is 1. The number of carbonyl (C=O) groups is 3. The van der Waals surface area contributed by atoms with Crippen LogP contribution >= 0.6 is 22.6 Å². The van der Waals surface area contributed by atoms with Crippen molar-refractivity contribution in [3.8, 4) is 17.1 Å². The molecule has 2 aliphatic carbocycles. The highest BCUT2D eigenvalue weighted by atomic mass is 127. The number of halogens is 1. The lowest BCUT2D eigenvalue weighted by Gasteiger charge is -2.66. The summed E-state index contributed by atoms with van der Waals surface area (Å²) in [6, 6.07) is 12.0. The number of pyridine rings is 1. The molecule has 3 aliphatic rings. The van der Waals surface area contributed by atoms with Gasteiger partial charge in [-0.15, -0.1) is 0 Å². The van der Waals surface area contributed by atoms with E-state index in [0.717, 1.165) is 3.57 Å². The minimum atomic E-state index is -1.38. The number of hydrogen-bond donors (Lipinski definition) is 1. The quantitative estimate of drug-likeness (QED) is 0.188. The third-order valence-electron chi connectivity index (χ3n) is 10.8. The molecule has 1 aliphatic heterocycles. The van der Waals surface area contributed by atoms with Gasteiger partial charge in [0.2, 0.25) is 0 Å². The predicted molar refractivity (Wildman–Crippen MR) is 180 cm³/mol. The Morgan fingerprint density at radius 2 is 1.77 bits per heavy atom. The zero-order valence-electron chi connectivity index (χ0n) is 27.4. The van der Waals surface area contributed by atoms with Crippen molar-refractivity contribution < 1.29 is 42.9 Å². The van der Waals surface area contributed by atoms with Gasteiger partial charge in [0.25, 0.3) is 0 Å². The van der Waals surface area contributed by atoms with Crippen LogP contribution in [0.2, 0.25) is 0 Å². The molecule has 0 saturated heterocycles. The summed E-state index contributed by atoms with van der Waals surface area (Å²) in [6.45, 7) is 8.27. The number of carbonyl (C=O) groups excluding carboxylic acids is 3. The Morgan fingerprint density at radius 1 is 1.04 bits per heavy atom. The summed E-state index contributed by atoms with van der Waals surface area (Å²) in [6.07, 6.45) is 1.29. The molecule has 2 unspecified atom stereocenters. The van der Waals surface area contributed by atoms with Crippen molar-refractivity contribution in [1.29, 1.82) is 0 Å². The standard InChI is InChI=1S/C36H38INO10/c1-19(39)44-18-35(4)26-16-28(47-32(42)21-8-10-23(37)11-9-21)36(5)31(34(26,3)13-12-27(35)45-20(2)40)30(41)29-25(48-36)15-24(46-33(29)43)22-7-6-14-38-17-22/h6-11,14-15,17,26-28,30-31,41H,12-13,16,18H2,1-5H3/t26?,27-,28-,30-,31?,34-,35+,36+/m0/s1. The Kier molecular flexibility index (Phi) is 8.94. The molecule has 48 heavy (non-hydrogen) atoms. The smallest absolute Gasteiger partial charge is 0.345 e. The van der Waals surface area contributed by atoms with Crippen LogP contribution in [0.1, 0.15) is 75.9 Å². The summed E-state index contributed by atoms with van der Waals surface area (Å²) >= 11 is 2.15. The molecule has 0 bridgehead atoms. The summed E-state index contributed by atoms with van der Waals surface area (Å²) in [7, 11) is 0. The van der Waals surface area contributed by atoms with E-state index < -0.39 is 70.1 Å². The molecule has 2 fully saturated rings. The lowest BCUT2D eigenvalue weighted by atomic mass is 9.42. The van der Waals surface area contributed by atoms with Gasteiger partial charge in [0, 0.05) is 52.8 Å². The first-order chi connectivity index (χ1) is 22.7. The van der Waals surface area contributed by atoms with E-state index in [1.165, 1.54) is 13.8 Å². The average Bonchev–Trinajstić information content (AvgIpc) is 3.02. The van der Waals surface area contributed by atoms with Crippen molar-refractivity contribution in [2.45, 2.75) is 77.8 Å². The number of fused-ring (bicyclic) bond motifs is 4. The summed E-state index contributed by atoms with van der Waals surface area (Å²) in [5, 5.41) is 12.3. The van der Waals surface area contributed by atoms with Gasteiger partial charge in [-0.3, -0.25) is 14.6 Å². The van der Waals surface area contributed by atoms with Crippen LogP contribution in [0.4, 0.5) is 0 Å². The number of aromatic nitrogens is 1. The molecule has 11 nitrogen and oxygen atoms in total. The van der Waals surface area contributed by atoms with Gasteiger partial charge in [-0.25, -0.2) is 9.59 Å². The number of rotatable bonds is 6. The van der Waals surface area contributed by atoms with Crippen LogP contribution < -0.4 is 10.4 Å². The molecular formula is C36H38INO10. The van der Waals surface area contributed by atoms with Crippen LogP contribution in [0.15, 0.2) is 64.1 Å². The number of aliphatic hydroxyl groups is 1. The van der Waals surface area contributed by atoms with Crippen LogP contribution in [-0.4, -0.2) is 52.4 Å². The van der Waals surface area contributed by atoms with E-state index in [1.807, 2.05) is 13.8 Å². The maximum absolute atomic E-state index is 13.7. The highest BCUT2D eigenvalue weighted by Gasteiger charge is 2.71. The topological polar surface area (TPSA) is 151 Å². The molecule has 6 rings (SSSR count). The summed E-state index contributed by atoms with van der Waals surface area (Å²) in [5.74, 6) is -2.44. The first-order valence-corrected chi connectivity index (χ1v) is 17.0. The van der Waals surface area contributed by atoms with Gasteiger partial charge in [-0.2, -0.15) is 0 Å². The van der Waals surface area contributed by atoms with Crippen molar-refractivity contribution in [3.63, 3.8) is 0 Å². The fourth-order valence-corrected chi connectivity index (χ4v) is 8.98. The minimum Gasteiger partial charge on any atom is -0.482 e. The first-order valence-electron chi connectivity index (χ1n) is 15.9. The van der Waals surface area contributed by atoms with Crippen molar-refractivity contribution >= 4 is 40.5 Å². The minimum absolute atomic E-state index is 0.0292. The van der Waals surface area contributed by atoms with Crippen LogP contribution in [0.3, 0.4) is 0 Å². The Morgan fingerprint density at radius 3 is 2.42 bits per heavy atom. The summed E-state index contributed by atoms with van der Waals surface area (Å²) < 4.78 is 31.2. The monoisotopic (exact) mass is 771 g/mol. The van der Waals surface area contributed by atoms with Gasteiger partial charge >= 0.3 is 23.5 Å². The van der Waals surface area contributed by atoms with Crippen molar-refractivity contribution in [3.05, 3.63) is 80.0 Å². The van der Waals surface area contributed by atoms with Gasteiger partial charge in [0.05, 0.1) is 11.7 Å². The zero-order chi connectivity index (χ0) is 34.6. The maximum atomic E-state index is 13.7. The van der Waals surface area contributed by atoms with Gasteiger partial charge in [-0.05, 0) is 96.5 Å². The molecule has 3 heterocycles. The number of benzene rings is 1. The fourth-order valence-electron chi connectivity index (χ4n) is 8.62. The lowest BCUT2D eigenvalue weighted by Crippen LogP contribution is -2.71. The Bertz CT molecular complexity index is 1790. The van der Waals surface area contributed by atoms with Gasteiger partial charge in [0.15, 0.2) is 0 Å². The van der Waals surface area contributed by atoms with E-state index in [1.54, 1.807) is 61.8 Å².